The number of aromatic nitrogens is 1. The first-order chi connectivity index (χ1) is 7.78. The minimum atomic E-state index is -0.287. The van der Waals surface area contributed by atoms with Gasteiger partial charge in [0.15, 0.2) is 0 Å². The molecule has 2 rings (SSSR count). The first-order valence-corrected chi connectivity index (χ1v) is 5.01. The zero-order chi connectivity index (χ0) is 11.4. The third kappa shape index (κ3) is 2.57. The molecule has 1 aromatic carbocycles. The van der Waals surface area contributed by atoms with Crippen molar-refractivity contribution >= 4 is 0 Å². The highest BCUT2D eigenvalue weighted by atomic mass is 19.1. The van der Waals surface area contributed by atoms with E-state index in [2.05, 4.69) is 4.98 Å². The number of hydrogen-bond acceptors (Lipinski definition) is 2. The molecular weight excluding hydrogens is 205 g/mol. The first-order valence-electron chi connectivity index (χ1n) is 5.01. The smallest absolute Gasteiger partial charge is 0.127 e. The molecule has 0 N–H and O–H groups in total. The summed E-state index contributed by atoms with van der Waals surface area (Å²) in [5.74, 6) is 0.246. The molecule has 0 spiro atoms. The van der Waals surface area contributed by atoms with Crippen LogP contribution in [0.5, 0.6) is 5.75 Å². The number of methoxy groups -OCH3 is 1. The molecule has 0 radical (unpaired) electrons. The summed E-state index contributed by atoms with van der Waals surface area (Å²) in [6.07, 6.45) is 2.33. The number of ether oxygens (including phenoxy) is 1. The van der Waals surface area contributed by atoms with Crippen LogP contribution in [0, 0.1) is 5.82 Å². The average Bonchev–Trinajstić information content (AvgIpc) is 2.29. The number of benzene rings is 1. The van der Waals surface area contributed by atoms with Gasteiger partial charge in [-0.25, -0.2) is 4.39 Å². The topological polar surface area (TPSA) is 22.1 Å². The lowest BCUT2D eigenvalue weighted by atomic mass is 10.1. The Bertz CT molecular complexity index is 471. The Morgan fingerprint density at radius 3 is 2.81 bits per heavy atom. The molecule has 0 unspecified atom stereocenters. The van der Waals surface area contributed by atoms with Crippen LogP contribution in [0.4, 0.5) is 4.39 Å². The fourth-order valence-electron chi connectivity index (χ4n) is 1.55. The van der Waals surface area contributed by atoms with Gasteiger partial charge in [0.2, 0.25) is 0 Å². The van der Waals surface area contributed by atoms with E-state index in [0.29, 0.717) is 12.2 Å². The minimum absolute atomic E-state index is 0.287. The van der Waals surface area contributed by atoms with Gasteiger partial charge in [-0.1, -0.05) is 6.07 Å². The van der Waals surface area contributed by atoms with Crippen molar-refractivity contribution in [1.29, 1.82) is 0 Å². The fourth-order valence-corrected chi connectivity index (χ4v) is 1.55. The summed E-state index contributed by atoms with van der Waals surface area (Å²) in [5.41, 5.74) is 1.77. The first kappa shape index (κ1) is 10.6. The van der Waals surface area contributed by atoms with E-state index in [4.69, 9.17) is 4.74 Å². The average molecular weight is 217 g/mol. The highest BCUT2D eigenvalue weighted by Gasteiger charge is 2.02. The lowest BCUT2D eigenvalue weighted by Gasteiger charge is -2.04. The Labute approximate surface area is 93.7 Å². The van der Waals surface area contributed by atoms with E-state index in [1.165, 1.54) is 19.2 Å². The summed E-state index contributed by atoms with van der Waals surface area (Å²) in [5, 5.41) is 0. The van der Waals surface area contributed by atoms with Crippen LogP contribution in [0.25, 0.3) is 0 Å². The second-order valence-corrected chi connectivity index (χ2v) is 3.50. The van der Waals surface area contributed by atoms with Gasteiger partial charge in [0.1, 0.15) is 11.6 Å². The van der Waals surface area contributed by atoms with Gasteiger partial charge in [0.25, 0.3) is 0 Å². The minimum Gasteiger partial charge on any atom is -0.497 e. The Hall–Kier alpha value is -1.90. The van der Waals surface area contributed by atoms with Crippen LogP contribution in [-0.4, -0.2) is 12.1 Å². The van der Waals surface area contributed by atoms with Crippen molar-refractivity contribution in [1.82, 2.24) is 4.98 Å². The highest BCUT2D eigenvalue weighted by Crippen LogP contribution is 2.17. The maximum absolute atomic E-state index is 13.2. The van der Waals surface area contributed by atoms with Crippen LogP contribution in [0.2, 0.25) is 0 Å². The molecule has 0 atom stereocenters. The van der Waals surface area contributed by atoms with Crippen molar-refractivity contribution in [2.75, 3.05) is 7.11 Å². The quantitative estimate of drug-likeness (QED) is 0.788. The molecule has 82 valence electrons. The lowest BCUT2D eigenvalue weighted by molar-refractivity contribution is 0.410. The molecule has 0 bridgehead atoms. The number of hydrogen-bond donors (Lipinski definition) is 0. The van der Waals surface area contributed by atoms with Crippen molar-refractivity contribution in [2.24, 2.45) is 0 Å². The molecule has 1 aromatic heterocycles. The number of halogens is 1. The lowest BCUT2D eigenvalue weighted by Crippen LogP contribution is -1.93. The van der Waals surface area contributed by atoms with E-state index < -0.39 is 0 Å². The third-order valence-corrected chi connectivity index (χ3v) is 2.28. The summed E-state index contributed by atoms with van der Waals surface area (Å²) in [7, 11) is 1.53. The Morgan fingerprint density at radius 2 is 2.12 bits per heavy atom. The largest absolute Gasteiger partial charge is 0.497 e. The van der Waals surface area contributed by atoms with E-state index in [-0.39, 0.29) is 5.82 Å². The van der Waals surface area contributed by atoms with Crippen molar-refractivity contribution in [2.45, 2.75) is 6.42 Å². The van der Waals surface area contributed by atoms with Crippen LogP contribution in [0.1, 0.15) is 11.3 Å². The Balaban J connectivity index is 2.24. The molecule has 16 heavy (non-hydrogen) atoms. The third-order valence-electron chi connectivity index (χ3n) is 2.28. The SMILES string of the molecule is COc1cc(F)cc(Cc2ccccn2)c1. The summed E-state index contributed by atoms with van der Waals surface area (Å²) in [6, 6.07) is 10.4. The summed E-state index contributed by atoms with van der Waals surface area (Å²) in [4.78, 5) is 4.20. The predicted octanol–water partition coefficient (Wildman–Crippen LogP) is 2.82. The molecule has 0 fully saturated rings. The van der Waals surface area contributed by atoms with Crippen molar-refractivity contribution < 1.29 is 9.13 Å². The van der Waals surface area contributed by atoms with Crippen molar-refractivity contribution in [3.63, 3.8) is 0 Å². The molecule has 3 heteroatoms. The standard InChI is InChI=1S/C13H12FNO/c1-16-13-8-10(6-11(14)9-13)7-12-4-2-3-5-15-12/h2-6,8-9H,7H2,1H3. The summed E-state index contributed by atoms with van der Waals surface area (Å²) < 4.78 is 18.2. The van der Waals surface area contributed by atoms with Gasteiger partial charge < -0.3 is 4.74 Å². The van der Waals surface area contributed by atoms with Crippen molar-refractivity contribution in [3.05, 3.63) is 59.7 Å². The van der Waals surface area contributed by atoms with Crippen LogP contribution in [0.15, 0.2) is 42.6 Å². The van der Waals surface area contributed by atoms with Gasteiger partial charge in [0.05, 0.1) is 7.11 Å². The molecular formula is C13H12FNO. The van der Waals surface area contributed by atoms with Gasteiger partial charge in [-0.15, -0.1) is 0 Å². The Kier molecular flexibility index (Phi) is 3.15. The van der Waals surface area contributed by atoms with Crippen LogP contribution >= 0.6 is 0 Å². The fraction of sp³-hybridized carbons (Fsp3) is 0.154. The van der Waals surface area contributed by atoms with Crippen molar-refractivity contribution in [3.8, 4) is 5.75 Å². The molecule has 0 amide bonds. The van der Waals surface area contributed by atoms with Gasteiger partial charge in [-0.3, -0.25) is 4.98 Å². The zero-order valence-corrected chi connectivity index (χ0v) is 8.98. The number of rotatable bonds is 3. The van der Waals surface area contributed by atoms with E-state index in [1.807, 2.05) is 24.3 Å². The maximum atomic E-state index is 13.2. The summed E-state index contributed by atoms with van der Waals surface area (Å²) >= 11 is 0. The van der Waals surface area contributed by atoms with E-state index in [1.54, 1.807) is 6.20 Å². The van der Waals surface area contributed by atoms with Gasteiger partial charge >= 0.3 is 0 Å². The highest BCUT2D eigenvalue weighted by molar-refractivity contribution is 5.32. The molecule has 0 aliphatic heterocycles. The Morgan fingerprint density at radius 1 is 1.25 bits per heavy atom. The second kappa shape index (κ2) is 4.75. The molecule has 2 aromatic rings. The van der Waals surface area contributed by atoms with Gasteiger partial charge in [-0.2, -0.15) is 0 Å². The molecule has 0 aliphatic rings. The molecule has 0 saturated carbocycles. The molecule has 2 nitrogen and oxygen atoms in total. The maximum Gasteiger partial charge on any atom is 0.127 e. The monoisotopic (exact) mass is 217 g/mol. The normalized spacial score (nSPS) is 10.1. The van der Waals surface area contributed by atoms with Gasteiger partial charge in [0, 0.05) is 24.4 Å². The van der Waals surface area contributed by atoms with Gasteiger partial charge in [-0.05, 0) is 29.8 Å². The van der Waals surface area contributed by atoms with E-state index in [0.717, 1.165) is 11.3 Å². The van der Waals surface area contributed by atoms with Crippen LogP contribution < -0.4 is 4.74 Å². The second-order valence-electron chi connectivity index (χ2n) is 3.50. The number of pyridine rings is 1. The summed E-state index contributed by atoms with van der Waals surface area (Å²) in [6.45, 7) is 0. The van der Waals surface area contributed by atoms with E-state index >= 15 is 0 Å². The molecule has 0 aliphatic carbocycles. The predicted molar refractivity (Wildman–Crippen MR) is 60.0 cm³/mol. The molecule has 0 saturated heterocycles. The van der Waals surface area contributed by atoms with Crippen LogP contribution in [0.3, 0.4) is 0 Å². The zero-order valence-electron chi connectivity index (χ0n) is 8.98. The van der Waals surface area contributed by atoms with Crippen LogP contribution in [-0.2, 0) is 6.42 Å². The molecule has 1 heterocycles. The van der Waals surface area contributed by atoms with E-state index in [9.17, 15) is 4.39 Å². The number of nitrogens with zero attached hydrogens (tertiary/aromatic N) is 1.